The molecule has 0 aliphatic heterocycles. The van der Waals surface area contributed by atoms with Crippen LogP contribution in [0.2, 0.25) is 0 Å². The molecule has 0 fully saturated rings. The maximum absolute atomic E-state index is 8.49. The first kappa shape index (κ1) is 33.9. The van der Waals surface area contributed by atoms with Gasteiger partial charge < -0.3 is 0 Å². The SMILES string of the molecule is [O]=[Pt]=[O].c1ccc([PH+](c2ccccc2)[C@H]2CCc3ccccc3C2C2c3ccccc3CC[C@@H]2[PH+](c2ccccc2)c2ccccc2)cc1. The molecule has 0 spiro atoms. The maximum Gasteiger partial charge on any atom is 0.0970 e. The first-order valence-electron chi connectivity index (χ1n) is 17.2. The normalized spacial score (nSPS) is 19.8. The van der Waals surface area contributed by atoms with Gasteiger partial charge in [0.15, 0.2) is 0 Å². The summed E-state index contributed by atoms with van der Waals surface area (Å²) in [7, 11) is -2.21. The van der Waals surface area contributed by atoms with Gasteiger partial charge in [0.1, 0.15) is 0 Å². The molecule has 0 bridgehead atoms. The molecule has 0 saturated heterocycles. The van der Waals surface area contributed by atoms with E-state index in [0.29, 0.717) is 23.2 Å². The van der Waals surface area contributed by atoms with Crippen molar-refractivity contribution in [3.63, 3.8) is 0 Å². The molecule has 2 unspecified atom stereocenters. The molecule has 248 valence electrons. The van der Waals surface area contributed by atoms with Crippen LogP contribution in [0.5, 0.6) is 0 Å². The predicted molar refractivity (Wildman–Crippen MR) is 205 cm³/mol. The van der Waals surface area contributed by atoms with Crippen LogP contribution in [-0.4, -0.2) is 11.3 Å². The van der Waals surface area contributed by atoms with E-state index in [1.54, 1.807) is 43.5 Å². The second kappa shape index (κ2) is 16.5. The quantitative estimate of drug-likeness (QED) is 0.151. The Kier molecular flexibility index (Phi) is 11.4. The van der Waals surface area contributed by atoms with Crippen molar-refractivity contribution in [2.24, 2.45) is 0 Å². The van der Waals surface area contributed by atoms with Gasteiger partial charge in [0.2, 0.25) is 0 Å². The van der Waals surface area contributed by atoms with Gasteiger partial charge in [-0.3, -0.25) is 0 Å². The van der Waals surface area contributed by atoms with Crippen LogP contribution in [0.1, 0.15) is 46.9 Å². The first-order chi connectivity index (χ1) is 24.3. The van der Waals surface area contributed by atoms with Crippen LogP contribution in [-0.2, 0) is 38.1 Å². The summed E-state index contributed by atoms with van der Waals surface area (Å²) in [4.78, 5) is 0. The van der Waals surface area contributed by atoms with Crippen molar-refractivity contribution >= 4 is 37.1 Å². The molecular formula is C44H42O2P2Pt+2. The first-order valence-corrected chi connectivity index (χ1v) is 22.2. The van der Waals surface area contributed by atoms with Gasteiger partial charge >= 0.3 is 25.3 Å². The zero-order valence-corrected chi connectivity index (χ0v) is 31.7. The molecule has 0 aromatic heterocycles. The van der Waals surface area contributed by atoms with Gasteiger partial charge in [0.25, 0.3) is 0 Å². The molecule has 8 rings (SSSR count). The minimum Gasteiger partial charge on any atom is -0.0620 e. The van der Waals surface area contributed by atoms with E-state index >= 15 is 0 Å². The Morgan fingerprint density at radius 3 is 0.959 bits per heavy atom. The minimum absolute atomic E-state index is 0.457. The monoisotopic (exact) mass is 859 g/mol. The number of aryl methyl sites for hydroxylation is 2. The molecule has 0 saturated carbocycles. The van der Waals surface area contributed by atoms with Crippen molar-refractivity contribution in [1.29, 1.82) is 0 Å². The van der Waals surface area contributed by atoms with Gasteiger partial charge in [0, 0.05) is 11.8 Å². The third kappa shape index (κ3) is 7.35. The Morgan fingerprint density at radius 1 is 0.388 bits per heavy atom. The Morgan fingerprint density at radius 2 is 0.653 bits per heavy atom. The number of hydrogen-bond donors (Lipinski definition) is 0. The molecule has 0 radical (unpaired) electrons. The van der Waals surface area contributed by atoms with Gasteiger partial charge in [0.05, 0.1) is 48.4 Å². The van der Waals surface area contributed by atoms with Gasteiger partial charge in [-0.15, -0.1) is 0 Å². The maximum atomic E-state index is 8.49. The molecule has 2 aliphatic rings. The summed E-state index contributed by atoms with van der Waals surface area (Å²) in [6.45, 7) is 0. The van der Waals surface area contributed by atoms with E-state index in [9.17, 15) is 0 Å². The molecule has 49 heavy (non-hydrogen) atoms. The summed E-state index contributed by atoms with van der Waals surface area (Å²) in [5, 5.41) is 6.19. The summed E-state index contributed by atoms with van der Waals surface area (Å²) in [5.41, 5.74) is 7.53. The van der Waals surface area contributed by atoms with E-state index in [1.165, 1.54) is 25.7 Å². The zero-order valence-electron chi connectivity index (χ0n) is 27.4. The molecule has 6 aromatic rings. The Hall–Kier alpha value is -3.53. The summed E-state index contributed by atoms with van der Waals surface area (Å²) in [5.74, 6) is 0.913. The summed E-state index contributed by atoms with van der Waals surface area (Å²) < 4.78 is 17.0. The minimum atomic E-state index is -1.92. The van der Waals surface area contributed by atoms with Crippen molar-refractivity contribution in [2.45, 2.75) is 48.8 Å². The molecule has 2 aliphatic carbocycles. The molecule has 0 heterocycles. The third-order valence-electron chi connectivity index (χ3n) is 10.6. The summed E-state index contributed by atoms with van der Waals surface area (Å²) >= 11 is -1.92. The number of rotatable bonds is 7. The van der Waals surface area contributed by atoms with Crippen molar-refractivity contribution < 1.29 is 25.3 Å². The van der Waals surface area contributed by atoms with E-state index in [1.807, 2.05) is 0 Å². The van der Waals surface area contributed by atoms with Crippen molar-refractivity contribution in [3.05, 3.63) is 192 Å². The van der Waals surface area contributed by atoms with Crippen molar-refractivity contribution in [2.75, 3.05) is 0 Å². The fraction of sp³-hybridized carbons (Fsp3) is 0.182. The van der Waals surface area contributed by atoms with Crippen LogP contribution in [0.4, 0.5) is 0 Å². The van der Waals surface area contributed by atoms with Crippen molar-refractivity contribution in [3.8, 4) is 0 Å². The smallest absolute Gasteiger partial charge is 0.0620 e. The van der Waals surface area contributed by atoms with Gasteiger partial charge in [-0.25, -0.2) is 0 Å². The fourth-order valence-corrected chi connectivity index (χ4v) is 15.7. The van der Waals surface area contributed by atoms with E-state index in [-0.39, 0.29) is 0 Å². The topological polar surface area (TPSA) is 34.1 Å². The van der Waals surface area contributed by atoms with Gasteiger partial charge in [-0.2, -0.15) is 0 Å². The van der Waals surface area contributed by atoms with Crippen LogP contribution >= 0.6 is 15.8 Å². The molecule has 2 nitrogen and oxygen atoms in total. The number of benzene rings is 6. The van der Waals surface area contributed by atoms with Crippen LogP contribution in [0.15, 0.2) is 170 Å². The molecule has 5 heteroatoms. The van der Waals surface area contributed by atoms with Crippen LogP contribution < -0.4 is 21.2 Å². The molecule has 6 aromatic carbocycles. The zero-order chi connectivity index (χ0) is 33.4. The summed E-state index contributed by atoms with van der Waals surface area (Å²) in [6, 6.07) is 65.3. The van der Waals surface area contributed by atoms with Gasteiger partial charge in [-0.1, -0.05) is 121 Å². The predicted octanol–water partition coefficient (Wildman–Crippen LogP) is 8.67. The second-order valence-electron chi connectivity index (χ2n) is 13.1. The summed E-state index contributed by atoms with van der Waals surface area (Å²) in [6.07, 6.45) is 4.81. The van der Waals surface area contributed by atoms with Gasteiger partial charge in [-0.05, 0) is 96.5 Å². The van der Waals surface area contributed by atoms with Crippen molar-refractivity contribution in [1.82, 2.24) is 0 Å². The Balaban J connectivity index is 0.00000122. The Bertz CT molecular complexity index is 1760. The standard InChI is InChI=1S/C44H40P2.2O.Pt/c1-5-19-35(20-6-1)45(36-21-7-2-8-22-36)41-31-29-33-17-13-15-27-39(33)43(41)44-40-28-16-14-18-34(40)30-32-42(44)46(37-23-9-3-10-24-37)38-25-11-4-12-26-38;;;/h1-28,41-44H,29-32H2;;;/p+2/t41-,42-,43?,44?;;;/m0.../s1. The second-order valence-corrected chi connectivity index (χ2v) is 18.9. The van der Waals surface area contributed by atoms with E-state index < -0.39 is 34.3 Å². The average Bonchev–Trinajstić information content (AvgIpc) is 3.17. The third-order valence-corrected chi connectivity index (χ3v) is 17.2. The van der Waals surface area contributed by atoms with E-state index in [2.05, 4.69) is 170 Å². The van der Waals surface area contributed by atoms with E-state index in [0.717, 1.165) is 0 Å². The van der Waals surface area contributed by atoms with E-state index in [4.69, 9.17) is 6.80 Å². The largest absolute Gasteiger partial charge is 0.0970 e. The van der Waals surface area contributed by atoms with Crippen LogP contribution in [0, 0.1) is 0 Å². The molecule has 4 atom stereocenters. The number of fused-ring (bicyclic) bond motifs is 2. The van der Waals surface area contributed by atoms with Crippen LogP contribution in [0.3, 0.4) is 0 Å². The fourth-order valence-electron chi connectivity index (χ4n) is 8.78. The van der Waals surface area contributed by atoms with Crippen LogP contribution in [0.25, 0.3) is 0 Å². The molecule has 0 N–H and O–H groups in total. The molecular weight excluding hydrogens is 818 g/mol. The average molecular weight is 860 g/mol. The molecule has 0 amide bonds. The number of hydrogen-bond acceptors (Lipinski definition) is 2. The Labute approximate surface area is 301 Å².